The summed E-state index contributed by atoms with van der Waals surface area (Å²) in [6, 6.07) is 12.2. The number of aliphatic hydroxyl groups is 1. The number of benzene rings is 1. The predicted octanol–water partition coefficient (Wildman–Crippen LogP) is 3.96. The smallest absolute Gasteiger partial charge is 0.0845 e. The molecule has 2 rings (SSSR count). The summed E-state index contributed by atoms with van der Waals surface area (Å²) in [4.78, 5) is 4.34. The van der Waals surface area contributed by atoms with Crippen LogP contribution in [0.2, 0.25) is 0 Å². The summed E-state index contributed by atoms with van der Waals surface area (Å²) in [5, 5.41) is 10.4. The summed E-state index contributed by atoms with van der Waals surface area (Å²) in [7, 11) is 0. The first-order valence-corrected chi connectivity index (χ1v) is 7.07. The Morgan fingerprint density at radius 2 is 1.75 bits per heavy atom. The Hall–Kier alpha value is -1.67. The largest absolute Gasteiger partial charge is 0.388 e. The van der Waals surface area contributed by atoms with Crippen LogP contribution in [0, 0.1) is 6.92 Å². The van der Waals surface area contributed by atoms with E-state index in [-0.39, 0.29) is 5.41 Å². The molecule has 0 amide bonds. The van der Waals surface area contributed by atoms with E-state index in [1.165, 1.54) is 5.56 Å². The molecule has 1 heterocycles. The van der Waals surface area contributed by atoms with E-state index in [2.05, 4.69) is 37.9 Å². The number of aromatic nitrogens is 1. The molecule has 0 saturated carbocycles. The Kier molecular flexibility index (Phi) is 4.24. The Bertz CT molecular complexity index is 567. The van der Waals surface area contributed by atoms with Crippen molar-refractivity contribution >= 4 is 0 Å². The van der Waals surface area contributed by atoms with Crippen molar-refractivity contribution in [3.63, 3.8) is 0 Å². The molecular weight excluding hydrogens is 246 g/mol. The Morgan fingerprint density at radius 3 is 2.30 bits per heavy atom. The maximum atomic E-state index is 10.4. The third-order valence-electron chi connectivity index (χ3n) is 3.67. The Labute approximate surface area is 121 Å². The van der Waals surface area contributed by atoms with Crippen molar-refractivity contribution in [2.24, 2.45) is 0 Å². The molecule has 1 N–H and O–H groups in total. The summed E-state index contributed by atoms with van der Waals surface area (Å²) < 4.78 is 0. The standard InChI is InChI=1S/C18H23NO/c1-13-6-5-11-19-16(13)12-17(20)14-7-9-15(10-8-14)18(2,3)4/h5-11,17,20H,12H2,1-4H3. The number of nitrogens with zero attached hydrogens (tertiary/aromatic N) is 1. The van der Waals surface area contributed by atoms with Gasteiger partial charge in [0.15, 0.2) is 0 Å². The number of hydrogen-bond acceptors (Lipinski definition) is 2. The normalized spacial score (nSPS) is 13.2. The summed E-state index contributed by atoms with van der Waals surface area (Å²) in [5.41, 5.74) is 4.45. The lowest BCUT2D eigenvalue weighted by molar-refractivity contribution is 0.177. The molecule has 0 bridgehead atoms. The second-order valence-corrected chi connectivity index (χ2v) is 6.36. The molecule has 20 heavy (non-hydrogen) atoms. The molecule has 1 unspecified atom stereocenters. The Morgan fingerprint density at radius 1 is 1.10 bits per heavy atom. The number of pyridine rings is 1. The maximum absolute atomic E-state index is 10.4. The van der Waals surface area contributed by atoms with Crippen molar-refractivity contribution in [2.45, 2.75) is 45.6 Å². The van der Waals surface area contributed by atoms with Gasteiger partial charge in [-0.2, -0.15) is 0 Å². The fraction of sp³-hybridized carbons (Fsp3) is 0.389. The van der Waals surface area contributed by atoms with E-state index in [0.717, 1.165) is 16.8 Å². The van der Waals surface area contributed by atoms with E-state index in [4.69, 9.17) is 0 Å². The van der Waals surface area contributed by atoms with Crippen molar-refractivity contribution in [1.82, 2.24) is 4.98 Å². The average Bonchev–Trinajstić information content (AvgIpc) is 2.40. The van der Waals surface area contributed by atoms with Gasteiger partial charge in [0.05, 0.1) is 6.10 Å². The third kappa shape index (κ3) is 3.45. The maximum Gasteiger partial charge on any atom is 0.0845 e. The van der Waals surface area contributed by atoms with E-state index < -0.39 is 6.10 Å². The fourth-order valence-electron chi connectivity index (χ4n) is 2.24. The SMILES string of the molecule is Cc1cccnc1CC(O)c1ccc(C(C)(C)C)cc1. The third-order valence-corrected chi connectivity index (χ3v) is 3.67. The van der Waals surface area contributed by atoms with Gasteiger partial charge in [-0.05, 0) is 35.1 Å². The zero-order valence-electron chi connectivity index (χ0n) is 12.7. The minimum Gasteiger partial charge on any atom is -0.388 e. The van der Waals surface area contributed by atoms with Crippen LogP contribution in [0.25, 0.3) is 0 Å². The van der Waals surface area contributed by atoms with Crippen LogP contribution < -0.4 is 0 Å². The molecule has 0 aliphatic rings. The molecule has 1 aromatic carbocycles. The van der Waals surface area contributed by atoms with E-state index >= 15 is 0 Å². The quantitative estimate of drug-likeness (QED) is 0.914. The molecule has 106 valence electrons. The number of hydrogen-bond donors (Lipinski definition) is 1. The van der Waals surface area contributed by atoms with Crippen LogP contribution in [0.5, 0.6) is 0 Å². The van der Waals surface area contributed by atoms with Gasteiger partial charge in [0.2, 0.25) is 0 Å². The minimum absolute atomic E-state index is 0.140. The van der Waals surface area contributed by atoms with Crippen LogP contribution >= 0.6 is 0 Å². The van der Waals surface area contributed by atoms with Gasteiger partial charge in [-0.3, -0.25) is 4.98 Å². The molecule has 0 aliphatic heterocycles. The van der Waals surface area contributed by atoms with Crippen molar-refractivity contribution < 1.29 is 5.11 Å². The molecule has 0 aliphatic carbocycles. The van der Waals surface area contributed by atoms with Crippen LogP contribution in [0.15, 0.2) is 42.6 Å². The zero-order chi connectivity index (χ0) is 14.8. The minimum atomic E-state index is -0.502. The highest BCUT2D eigenvalue weighted by Crippen LogP contribution is 2.25. The second-order valence-electron chi connectivity index (χ2n) is 6.36. The molecular formula is C18H23NO. The van der Waals surface area contributed by atoms with Crippen LogP contribution in [-0.2, 0) is 11.8 Å². The van der Waals surface area contributed by atoms with Crippen molar-refractivity contribution in [1.29, 1.82) is 0 Å². The van der Waals surface area contributed by atoms with Gasteiger partial charge >= 0.3 is 0 Å². The highest BCUT2D eigenvalue weighted by atomic mass is 16.3. The number of aryl methyl sites for hydroxylation is 1. The molecule has 0 saturated heterocycles. The van der Waals surface area contributed by atoms with Gasteiger partial charge in [-0.25, -0.2) is 0 Å². The number of aliphatic hydroxyl groups excluding tert-OH is 1. The summed E-state index contributed by atoms with van der Waals surface area (Å²) in [5.74, 6) is 0. The van der Waals surface area contributed by atoms with Crippen LogP contribution in [0.1, 0.15) is 49.3 Å². The monoisotopic (exact) mass is 269 g/mol. The summed E-state index contributed by atoms with van der Waals surface area (Å²) in [6.07, 6.45) is 1.83. The number of rotatable bonds is 3. The summed E-state index contributed by atoms with van der Waals surface area (Å²) >= 11 is 0. The van der Waals surface area contributed by atoms with Crippen LogP contribution in [-0.4, -0.2) is 10.1 Å². The first kappa shape index (κ1) is 14.7. The van der Waals surface area contributed by atoms with Crippen molar-refractivity contribution in [3.8, 4) is 0 Å². The van der Waals surface area contributed by atoms with Gasteiger partial charge in [0.25, 0.3) is 0 Å². The molecule has 0 fully saturated rings. The van der Waals surface area contributed by atoms with E-state index in [1.807, 2.05) is 31.2 Å². The van der Waals surface area contributed by atoms with Gasteiger partial charge in [-0.15, -0.1) is 0 Å². The van der Waals surface area contributed by atoms with Gasteiger partial charge < -0.3 is 5.11 Å². The van der Waals surface area contributed by atoms with Gasteiger partial charge in [-0.1, -0.05) is 51.1 Å². The van der Waals surface area contributed by atoms with Crippen LogP contribution in [0.3, 0.4) is 0 Å². The fourth-order valence-corrected chi connectivity index (χ4v) is 2.24. The lowest BCUT2D eigenvalue weighted by Gasteiger charge is -2.20. The zero-order valence-corrected chi connectivity index (χ0v) is 12.7. The molecule has 2 heteroatoms. The summed E-state index contributed by atoms with van der Waals surface area (Å²) in [6.45, 7) is 8.60. The topological polar surface area (TPSA) is 33.1 Å². The van der Waals surface area contributed by atoms with E-state index in [1.54, 1.807) is 6.20 Å². The highest BCUT2D eigenvalue weighted by molar-refractivity contribution is 5.30. The molecule has 0 spiro atoms. The molecule has 1 aromatic heterocycles. The first-order chi connectivity index (χ1) is 9.38. The lowest BCUT2D eigenvalue weighted by atomic mass is 9.86. The van der Waals surface area contributed by atoms with Crippen LogP contribution in [0.4, 0.5) is 0 Å². The van der Waals surface area contributed by atoms with E-state index in [0.29, 0.717) is 6.42 Å². The Balaban J connectivity index is 2.14. The first-order valence-electron chi connectivity index (χ1n) is 7.07. The van der Waals surface area contributed by atoms with Gasteiger partial charge in [0, 0.05) is 18.3 Å². The molecule has 0 radical (unpaired) electrons. The van der Waals surface area contributed by atoms with Crippen molar-refractivity contribution in [2.75, 3.05) is 0 Å². The molecule has 2 nitrogen and oxygen atoms in total. The van der Waals surface area contributed by atoms with E-state index in [9.17, 15) is 5.11 Å². The van der Waals surface area contributed by atoms with Crippen molar-refractivity contribution in [3.05, 3.63) is 65.0 Å². The average molecular weight is 269 g/mol. The predicted molar refractivity (Wildman–Crippen MR) is 82.8 cm³/mol. The molecule has 2 aromatic rings. The highest BCUT2D eigenvalue weighted by Gasteiger charge is 2.15. The molecule has 1 atom stereocenters. The van der Waals surface area contributed by atoms with Gasteiger partial charge in [0.1, 0.15) is 0 Å². The lowest BCUT2D eigenvalue weighted by Crippen LogP contribution is -2.11. The second kappa shape index (κ2) is 5.76.